The van der Waals surface area contributed by atoms with Crippen LogP contribution in [0, 0.1) is 17.2 Å². The smallest absolute Gasteiger partial charge is 0.410 e. The Balaban J connectivity index is 1.76. The lowest BCUT2D eigenvalue weighted by Crippen LogP contribution is -2.42. The van der Waals surface area contributed by atoms with Crippen LogP contribution in [0.3, 0.4) is 0 Å². The number of benzene rings is 1. The van der Waals surface area contributed by atoms with Crippen LogP contribution in [0.25, 0.3) is 0 Å². The lowest BCUT2D eigenvalue weighted by atomic mass is 9.97. The third-order valence-corrected chi connectivity index (χ3v) is 3.85. The van der Waals surface area contributed by atoms with Crippen molar-refractivity contribution in [1.82, 2.24) is 4.90 Å². The number of likely N-dealkylation sites (tertiary alicyclic amines) is 1. The summed E-state index contributed by atoms with van der Waals surface area (Å²) in [5.41, 5.74) is 1.19. The van der Waals surface area contributed by atoms with Crippen molar-refractivity contribution in [3.05, 3.63) is 29.8 Å². The first-order chi connectivity index (χ1) is 10.9. The zero-order valence-corrected chi connectivity index (χ0v) is 14.1. The van der Waals surface area contributed by atoms with Crippen LogP contribution in [-0.2, 0) is 4.74 Å². The van der Waals surface area contributed by atoms with Gasteiger partial charge in [-0.2, -0.15) is 5.26 Å². The van der Waals surface area contributed by atoms with Crippen molar-refractivity contribution in [3.63, 3.8) is 0 Å². The third kappa shape index (κ3) is 5.48. The lowest BCUT2D eigenvalue weighted by molar-refractivity contribution is 0.0188. The van der Waals surface area contributed by atoms with E-state index >= 15 is 0 Å². The number of nitrogens with one attached hydrogen (secondary N) is 1. The zero-order valence-electron chi connectivity index (χ0n) is 14.1. The van der Waals surface area contributed by atoms with Crippen LogP contribution in [0.1, 0.15) is 39.2 Å². The minimum absolute atomic E-state index is 0.217. The topological polar surface area (TPSA) is 65.4 Å². The molecule has 124 valence electrons. The second kappa shape index (κ2) is 7.36. The molecular weight excluding hydrogens is 290 g/mol. The number of hydrogen-bond donors (Lipinski definition) is 1. The minimum atomic E-state index is -0.443. The van der Waals surface area contributed by atoms with Crippen molar-refractivity contribution in [2.24, 2.45) is 5.92 Å². The maximum atomic E-state index is 12.0. The van der Waals surface area contributed by atoms with Gasteiger partial charge in [0, 0.05) is 25.3 Å². The predicted octanol–water partition coefficient (Wildman–Crippen LogP) is 3.62. The Hall–Kier alpha value is -2.22. The van der Waals surface area contributed by atoms with Crippen LogP contribution in [0.15, 0.2) is 24.3 Å². The monoisotopic (exact) mass is 315 g/mol. The van der Waals surface area contributed by atoms with Crippen LogP contribution in [0.4, 0.5) is 10.5 Å². The molecule has 0 bridgehead atoms. The first kappa shape index (κ1) is 17.1. The average Bonchev–Trinajstić information content (AvgIpc) is 2.52. The number of nitriles is 1. The molecule has 1 aliphatic heterocycles. The highest BCUT2D eigenvalue weighted by Gasteiger charge is 2.26. The zero-order chi connectivity index (χ0) is 16.9. The number of rotatable bonds is 3. The third-order valence-electron chi connectivity index (χ3n) is 3.85. The molecular formula is C18H25N3O2. The molecule has 0 aromatic heterocycles. The van der Waals surface area contributed by atoms with Gasteiger partial charge in [-0.25, -0.2) is 4.79 Å². The first-order valence-corrected chi connectivity index (χ1v) is 8.09. The molecule has 5 heteroatoms. The van der Waals surface area contributed by atoms with E-state index in [0.29, 0.717) is 11.5 Å². The second-order valence-corrected chi connectivity index (χ2v) is 6.98. The summed E-state index contributed by atoms with van der Waals surface area (Å²) >= 11 is 0. The van der Waals surface area contributed by atoms with Gasteiger partial charge in [0.2, 0.25) is 0 Å². The summed E-state index contributed by atoms with van der Waals surface area (Å²) in [7, 11) is 0. The molecule has 1 amide bonds. The number of ether oxygens (including phenoxy) is 1. The lowest BCUT2D eigenvalue weighted by Gasteiger charge is -2.33. The summed E-state index contributed by atoms with van der Waals surface area (Å²) in [4.78, 5) is 13.8. The quantitative estimate of drug-likeness (QED) is 0.925. The van der Waals surface area contributed by atoms with Crippen molar-refractivity contribution in [2.45, 2.75) is 39.2 Å². The number of carbonyl (C=O) groups excluding carboxylic acids is 1. The standard InChI is InChI=1S/C18H25N3O2/c1-18(2,3)23-17(22)21-9-7-14(8-10-21)13-20-16-6-4-5-15(11-16)12-19/h4-6,11,14,20H,7-10,13H2,1-3H3. The van der Waals surface area contributed by atoms with E-state index in [0.717, 1.165) is 38.2 Å². The number of anilines is 1. The van der Waals surface area contributed by atoms with E-state index in [9.17, 15) is 4.79 Å². The summed E-state index contributed by atoms with van der Waals surface area (Å²) in [6, 6.07) is 9.65. The molecule has 1 aromatic carbocycles. The van der Waals surface area contributed by atoms with Crippen LogP contribution in [0.2, 0.25) is 0 Å². The van der Waals surface area contributed by atoms with Gasteiger partial charge in [0.25, 0.3) is 0 Å². The molecule has 0 spiro atoms. The van der Waals surface area contributed by atoms with Crippen LogP contribution >= 0.6 is 0 Å². The second-order valence-electron chi connectivity index (χ2n) is 6.98. The Morgan fingerprint density at radius 2 is 2.09 bits per heavy atom. The fourth-order valence-electron chi connectivity index (χ4n) is 2.61. The first-order valence-electron chi connectivity index (χ1n) is 8.09. The SMILES string of the molecule is CC(C)(C)OC(=O)N1CCC(CNc2cccc(C#N)c2)CC1. The molecule has 1 aliphatic rings. The molecule has 2 rings (SSSR count). The number of amides is 1. The maximum Gasteiger partial charge on any atom is 0.410 e. The van der Waals surface area contributed by atoms with E-state index in [4.69, 9.17) is 10.00 Å². The van der Waals surface area contributed by atoms with Crippen LogP contribution in [0.5, 0.6) is 0 Å². The van der Waals surface area contributed by atoms with Gasteiger partial charge >= 0.3 is 6.09 Å². The largest absolute Gasteiger partial charge is 0.444 e. The molecule has 0 radical (unpaired) electrons. The summed E-state index contributed by atoms with van der Waals surface area (Å²) in [5.74, 6) is 0.527. The van der Waals surface area contributed by atoms with Gasteiger partial charge in [0.05, 0.1) is 11.6 Å². The summed E-state index contributed by atoms with van der Waals surface area (Å²) in [6.07, 6.45) is 1.71. The number of nitrogens with zero attached hydrogens (tertiary/aromatic N) is 2. The number of hydrogen-bond acceptors (Lipinski definition) is 4. The van der Waals surface area contributed by atoms with Gasteiger partial charge in [0.1, 0.15) is 5.60 Å². The number of piperidine rings is 1. The highest BCUT2D eigenvalue weighted by molar-refractivity contribution is 5.68. The highest BCUT2D eigenvalue weighted by atomic mass is 16.6. The molecule has 1 N–H and O–H groups in total. The average molecular weight is 315 g/mol. The molecule has 1 fully saturated rings. The maximum absolute atomic E-state index is 12.0. The Labute approximate surface area is 138 Å². The Morgan fingerprint density at radius 1 is 1.39 bits per heavy atom. The van der Waals surface area contributed by atoms with Crippen molar-refractivity contribution < 1.29 is 9.53 Å². The van der Waals surface area contributed by atoms with Gasteiger partial charge in [-0.3, -0.25) is 0 Å². The van der Waals surface area contributed by atoms with E-state index in [1.165, 1.54) is 0 Å². The molecule has 1 aromatic rings. The van der Waals surface area contributed by atoms with Crippen LogP contribution < -0.4 is 5.32 Å². The molecule has 23 heavy (non-hydrogen) atoms. The van der Waals surface area contributed by atoms with Crippen LogP contribution in [-0.4, -0.2) is 36.2 Å². The van der Waals surface area contributed by atoms with Gasteiger partial charge in [0.15, 0.2) is 0 Å². The van der Waals surface area contributed by atoms with Crippen molar-refractivity contribution >= 4 is 11.8 Å². The van der Waals surface area contributed by atoms with E-state index in [1.54, 1.807) is 11.0 Å². The normalized spacial score (nSPS) is 15.8. The fraction of sp³-hybridized carbons (Fsp3) is 0.556. The van der Waals surface area contributed by atoms with E-state index < -0.39 is 5.60 Å². The van der Waals surface area contributed by atoms with Gasteiger partial charge < -0.3 is 15.0 Å². The van der Waals surface area contributed by atoms with E-state index in [-0.39, 0.29) is 6.09 Å². The van der Waals surface area contributed by atoms with Crippen molar-refractivity contribution in [1.29, 1.82) is 5.26 Å². The molecule has 0 unspecified atom stereocenters. The van der Waals surface area contributed by atoms with E-state index in [2.05, 4.69) is 11.4 Å². The Morgan fingerprint density at radius 3 is 2.70 bits per heavy atom. The van der Waals surface area contributed by atoms with Gasteiger partial charge in [-0.05, 0) is 57.7 Å². The predicted molar refractivity (Wildman–Crippen MR) is 90.2 cm³/mol. The fourth-order valence-corrected chi connectivity index (χ4v) is 2.61. The van der Waals surface area contributed by atoms with Gasteiger partial charge in [-0.1, -0.05) is 6.07 Å². The van der Waals surface area contributed by atoms with Crippen molar-refractivity contribution in [2.75, 3.05) is 25.0 Å². The van der Waals surface area contributed by atoms with Gasteiger partial charge in [-0.15, -0.1) is 0 Å². The summed E-state index contributed by atoms with van der Waals surface area (Å²) in [5, 5.41) is 12.3. The molecule has 5 nitrogen and oxygen atoms in total. The molecule has 0 atom stereocenters. The molecule has 0 aliphatic carbocycles. The number of carbonyl (C=O) groups is 1. The van der Waals surface area contributed by atoms with E-state index in [1.807, 2.05) is 39.0 Å². The molecule has 1 saturated heterocycles. The highest BCUT2D eigenvalue weighted by Crippen LogP contribution is 2.20. The summed E-state index contributed by atoms with van der Waals surface area (Å²) in [6.45, 7) is 7.99. The molecule has 1 heterocycles. The Kier molecular flexibility index (Phi) is 5.49. The Bertz CT molecular complexity index is 579. The summed E-state index contributed by atoms with van der Waals surface area (Å²) < 4.78 is 5.41. The minimum Gasteiger partial charge on any atom is -0.444 e. The molecule has 0 saturated carbocycles. The van der Waals surface area contributed by atoms with Crippen molar-refractivity contribution in [3.8, 4) is 6.07 Å².